The quantitative estimate of drug-likeness (QED) is 0.312. The van der Waals surface area contributed by atoms with Crippen LogP contribution >= 0.6 is 11.6 Å². The minimum atomic E-state index is -0.684. The first kappa shape index (κ1) is 23.0. The molecule has 0 saturated carbocycles. The summed E-state index contributed by atoms with van der Waals surface area (Å²) < 4.78 is 1.55. The Bertz CT molecular complexity index is 1450. The van der Waals surface area contributed by atoms with Gasteiger partial charge in [0.1, 0.15) is 29.3 Å². The van der Waals surface area contributed by atoms with Gasteiger partial charge in [-0.1, -0.05) is 48.0 Å². The van der Waals surface area contributed by atoms with Crippen LogP contribution in [0.25, 0.3) is 10.9 Å². The van der Waals surface area contributed by atoms with Crippen LogP contribution in [-0.2, 0) is 6.54 Å². The Morgan fingerprint density at radius 1 is 1.09 bits per heavy atom. The highest BCUT2D eigenvalue weighted by molar-refractivity contribution is 6.35. The van der Waals surface area contributed by atoms with E-state index >= 15 is 0 Å². The molecule has 0 fully saturated rings. The molecule has 2 aromatic heterocycles. The maximum Gasteiger partial charge on any atom is 0.262 e. The number of nitriles is 1. The summed E-state index contributed by atoms with van der Waals surface area (Å²) in [6.45, 7) is 0.705. The molecule has 0 spiro atoms. The van der Waals surface area contributed by atoms with Gasteiger partial charge in [-0.25, -0.2) is 4.98 Å². The largest absolute Gasteiger partial charge is 0.382 e. The van der Waals surface area contributed by atoms with E-state index in [0.717, 1.165) is 5.56 Å². The SMILES string of the molecule is N#Cc1c(N)nc(N)nc1NC(c1ccccc1)c1nc2cccc(Cl)c2c(=O)n1CCCN. The molecule has 2 aromatic carbocycles. The summed E-state index contributed by atoms with van der Waals surface area (Å²) in [5, 5.41) is 13.5. The van der Waals surface area contributed by atoms with Crippen molar-refractivity contribution in [2.75, 3.05) is 23.3 Å². The Morgan fingerprint density at radius 3 is 2.56 bits per heavy atom. The Labute approximate surface area is 200 Å². The number of halogens is 1. The Kier molecular flexibility index (Phi) is 6.58. The van der Waals surface area contributed by atoms with E-state index in [9.17, 15) is 10.1 Å². The van der Waals surface area contributed by atoms with Crippen molar-refractivity contribution in [3.05, 3.63) is 80.9 Å². The number of aromatic nitrogens is 4. The van der Waals surface area contributed by atoms with Crippen LogP contribution in [0.3, 0.4) is 0 Å². The number of benzene rings is 2. The lowest BCUT2D eigenvalue weighted by Gasteiger charge is -2.24. The highest BCUT2D eigenvalue weighted by Gasteiger charge is 2.25. The molecular weight excluding hydrogens is 454 g/mol. The second-order valence-corrected chi connectivity index (χ2v) is 7.90. The van der Waals surface area contributed by atoms with E-state index < -0.39 is 6.04 Å². The highest BCUT2D eigenvalue weighted by atomic mass is 35.5. The molecule has 10 nitrogen and oxygen atoms in total. The second-order valence-electron chi connectivity index (χ2n) is 7.49. The molecule has 0 aliphatic heterocycles. The van der Waals surface area contributed by atoms with Gasteiger partial charge < -0.3 is 22.5 Å². The monoisotopic (exact) mass is 475 g/mol. The average molecular weight is 476 g/mol. The number of hydrogen-bond acceptors (Lipinski definition) is 9. The van der Waals surface area contributed by atoms with Crippen LogP contribution in [0.2, 0.25) is 5.02 Å². The Balaban J connectivity index is 1.99. The summed E-state index contributed by atoms with van der Waals surface area (Å²) in [5.74, 6) is 0.388. The van der Waals surface area contributed by atoms with E-state index in [2.05, 4.69) is 15.3 Å². The zero-order valence-electron chi connectivity index (χ0n) is 18.1. The van der Waals surface area contributed by atoms with Crippen LogP contribution in [0.4, 0.5) is 17.6 Å². The number of fused-ring (bicyclic) bond motifs is 1. The highest BCUT2D eigenvalue weighted by Crippen LogP contribution is 2.29. The van der Waals surface area contributed by atoms with E-state index in [1.165, 1.54) is 0 Å². The van der Waals surface area contributed by atoms with Crippen molar-refractivity contribution in [2.45, 2.75) is 19.0 Å². The zero-order valence-corrected chi connectivity index (χ0v) is 18.8. The minimum Gasteiger partial charge on any atom is -0.382 e. The summed E-state index contributed by atoms with van der Waals surface area (Å²) in [4.78, 5) is 26.4. The lowest BCUT2D eigenvalue weighted by atomic mass is 10.0. The number of nitrogen functional groups attached to an aromatic ring is 2. The Hall–Kier alpha value is -4.20. The van der Waals surface area contributed by atoms with Gasteiger partial charge >= 0.3 is 0 Å². The van der Waals surface area contributed by atoms with Gasteiger partial charge in [0.2, 0.25) is 5.95 Å². The van der Waals surface area contributed by atoms with Gasteiger partial charge in [-0.3, -0.25) is 9.36 Å². The summed E-state index contributed by atoms with van der Waals surface area (Å²) in [7, 11) is 0. The predicted molar refractivity (Wildman–Crippen MR) is 132 cm³/mol. The predicted octanol–water partition coefficient (Wildman–Crippen LogP) is 2.43. The summed E-state index contributed by atoms with van der Waals surface area (Å²) in [5.41, 5.74) is 18.4. The van der Waals surface area contributed by atoms with E-state index in [4.69, 9.17) is 33.8 Å². The molecule has 172 valence electrons. The van der Waals surface area contributed by atoms with Crippen LogP contribution in [0.15, 0.2) is 53.3 Å². The molecule has 1 unspecified atom stereocenters. The fourth-order valence-electron chi connectivity index (χ4n) is 3.72. The summed E-state index contributed by atoms with van der Waals surface area (Å²) in [6.07, 6.45) is 0.545. The molecule has 1 atom stereocenters. The van der Waals surface area contributed by atoms with Crippen LogP contribution in [0, 0.1) is 11.3 Å². The standard InChI is InChI=1S/C23H22ClN9O/c24-15-8-4-9-16-17(15)22(34)33(11-5-10-25)21(29-16)18(13-6-2-1-3-7-13)30-20-14(12-26)19(27)31-23(28)32-20/h1-4,6-9,18H,5,10-11,25H2,(H5,27,28,30,31,32). The van der Waals surface area contributed by atoms with Gasteiger partial charge in [0.05, 0.1) is 15.9 Å². The molecule has 0 bridgehead atoms. The first-order valence-corrected chi connectivity index (χ1v) is 10.9. The lowest BCUT2D eigenvalue weighted by molar-refractivity contribution is 0.578. The summed E-state index contributed by atoms with van der Waals surface area (Å²) >= 11 is 6.35. The van der Waals surface area contributed by atoms with E-state index in [-0.39, 0.29) is 28.7 Å². The van der Waals surface area contributed by atoms with Gasteiger partial charge in [-0.2, -0.15) is 15.2 Å². The molecule has 4 aromatic rings. The van der Waals surface area contributed by atoms with Gasteiger partial charge in [0.25, 0.3) is 5.56 Å². The normalized spacial score (nSPS) is 11.8. The zero-order chi connectivity index (χ0) is 24.2. The van der Waals surface area contributed by atoms with Crippen molar-refractivity contribution >= 4 is 40.1 Å². The van der Waals surface area contributed by atoms with Gasteiger partial charge in [0, 0.05) is 6.54 Å². The number of nitrogens with two attached hydrogens (primary N) is 3. The number of hydrogen-bond donors (Lipinski definition) is 4. The maximum atomic E-state index is 13.5. The van der Waals surface area contributed by atoms with Crippen molar-refractivity contribution in [2.24, 2.45) is 5.73 Å². The second kappa shape index (κ2) is 9.74. The maximum absolute atomic E-state index is 13.5. The number of nitrogens with zero attached hydrogens (tertiary/aromatic N) is 5. The van der Waals surface area contributed by atoms with Crippen molar-refractivity contribution < 1.29 is 0 Å². The molecule has 0 saturated heterocycles. The molecule has 0 radical (unpaired) electrons. The summed E-state index contributed by atoms with van der Waals surface area (Å²) in [6, 6.07) is 15.8. The Morgan fingerprint density at radius 2 is 1.85 bits per heavy atom. The van der Waals surface area contributed by atoms with Crippen molar-refractivity contribution in [3.8, 4) is 6.07 Å². The van der Waals surface area contributed by atoms with Crippen molar-refractivity contribution in [1.82, 2.24) is 19.5 Å². The number of nitrogens with one attached hydrogen (secondary N) is 1. The fourth-order valence-corrected chi connectivity index (χ4v) is 3.97. The molecular formula is C23H22ClN9O. The van der Waals surface area contributed by atoms with Crippen molar-refractivity contribution in [3.63, 3.8) is 0 Å². The number of rotatable bonds is 7. The molecule has 34 heavy (non-hydrogen) atoms. The van der Waals surface area contributed by atoms with Crippen LogP contribution in [0.1, 0.15) is 29.4 Å². The average Bonchev–Trinajstić information content (AvgIpc) is 2.82. The first-order chi connectivity index (χ1) is 16.4. The molecule has 0 aliphatic carbocycles. The third-order valence-corrected chi connectivity index (χ3v) is 5.60. The topological polar surface area (TPSA) is 175 Å². The van der Waals surface area contributed by atoms with Crippen LogP contribution in [0.5, 0.6) is 0 Å². The number of anilines is 3. The third-order valence-electron chi connectivity index (χ3n) is 5.29. The van der Waals surface area contributed by atoms with E-state index in [0.29, 0.717) is 41.3 Å². The van der Waals surface area contributed by atoms with Gasteiger partial charge in [-0.05, 0) is 30.7 Å². The fraction of sp³-hybridized carbons (Fsp3) is 0.174. The molecule has 0 aliphatic rings. The molecule has 0 amide bonds. The van der Waals surface area contributed by atoms with Gasteiger partial charge in [0.15, 0.2) is 5.82 Å². The molecule has 11 heteroatoms. The minimum absolute atomic E-state index is 0.0369. The van der Waals surface area contributed by atoms with Crippen LogP contribution in [-0.4, -0.2) is 26.1 Å². The molecule has 4 rings (SSSR count). The third kappa shape index (κ3) is 4.34. The smallest absolute Gasteiger partial charge is 0.262 e. The molecule has 2 heterocycles. The lowest BCUT2D eigenvalue weighted by Crippen LogP contribution is -2.31. The van der Waals surface area contributed by atoms with E-state index in [1.807, 2.05) is 36.4 Å². The first-order valence-electron chi connectivity index (χ1n) is 10.5. The molecule has 7 N–H and O–H groups in total. The van der Waals surface area contributed by atoms with Crippen molar-refractivity contribution in [1.29, 1.82) is 5.26 Å². The van der Waals surface area contributed by atoms with E-state index in [1.54, 1.807) is 22.8 Å². The van der Waals surface area contributed by atoms with Gasteiger partial charge in [-0.15, -0.1) is 0 Å². The van der Waals surface area contributed by atoms with Crippen LogP contribution < -0.4 is 28.1 Å².